The Morgan fingerprint density at radius 1 is 0.358 bits per heavy atom. The van der Waals surface area contributed by atoms with Crippen molar-refractivity contribution in [2.24, 2.45) is 0 Å². The van der Waals surface area contributed by atoms with Gasteiger partial charge in [0.15, 0.2) is 0 Å². The quantitative estimate of drug-likeness (QED) is 0.0540. The van der Waals surface area contributed by atoms with Gasteiger partial charge in [-0.05, 0) is 54.7 Å². The average Bonchev–Trinajstić information content (AvgIpc) is 3.16. The fourth-order valence-corrected chi connectivity index (χ4v) is 7.04. The zero-order valence-electron chi connectivity index (χ0n) is 34.4. The van der Waals surface area contributed by atoms with Crippen LogP contribution >= 0.6 is 0 Å². The Labute approximate surface area is 326 Å². The van der Waals surface area contributed by atoms with Crippen molar-refractivity contribution in [3.05, 3.63) is 59.7 Å². The minimum Gasteiger partial charge on any atom is -0.338 e. The SMILES string of the molecule is CCCCCCCCCCCCCCCCNC(=O)Nc1ccc(Cc2ccc(NC(=O)NCCCCCCCCCCCCCCCC)cc2)cc1. The van der Waals surface area contributed by atoms with Gasteiger partial charge in [-0.15, -0.1) is 0 Å². The lowest BCUT2D eigenvalue weighted by molar-refractivity contribution is 0.251. The number of nitrogens with one attached hydrogen (secondary N) is 4. The van der Waals surface area contributed by atoms with E-state index < -0.39 is 0 Å². The van der Waals surface area contributed by atoms with Gasteiger partial charge in [-0.2, -0.15) is 0 Å². The van der Waals surface area contributed by atoms with E-state index in [0.29, 0.717) is 13.1 Å². The normalized spacial score (nSPS) is 11.1. The number of benzene rings is 2. The summed E-state index contributed by atoms with van der Waals surface area (Å²) < 4.78 is 0. The number of rotatable bonds is 34. The molecule has 0 saturated heterocycles. The second-order valence-electron chi connectivity index (χ2n) is 15.5. The molecule has 0 aliphatic carbocycles. The van der Waals surface area contributed by atoms with Crippen LogP contribution in [0.15, 0.2) is 48.5 Å². The molecule has 0 unspecified atom stereocenters. The lowest BCUT2D eigenvalue weighted by Gasteiger charge is -2.10. The van der Waals surface area contributed by atoms with Crippen LogP contribution < -0.4 is 21.3 Å². The lowest BCUT2D eigenvalue weighted by Crippen LogP contribution is -2.29. The average molecular weight is 733 g/mol. The van der Waals surface area contributed by atoms with Crippen molar-refractivity contribution in [1.82, 2.24) is 10.6 Å². The van der Waals surface area contributed by atoms with Crippen molar-refractivity contribution in [3.63, 3.8) is 0 Å². The Morgan fingerprint density at radius 2 is 0.604 bits per heavy atom. The summed E-state index contributed by atoms with van der Waals surface area (Å²) >= 11 is 0. The fourth-order valence-electron chi connectivity index (χ4n) is 7.04. The largest absolute Gasteiger partial charge is 0.338 e. The van der Waals surface area contributed by atoms with Gasteiger partial charge in [-0.1, -0.05) is 205 Å². The number of unbranched alkanes of at least 4 members (excludes halogenated alkanes) is 26. The van der Waals surface area contributed by atoms with E-state index in [-0.39, 0.29) is 12.1 Å². The van der Waals surface area contributed by atoms with E-state index in [1.807, 2.05) is 24.3 Å². The van der Waals surface area contributed by atoms with Gasteiger partial charge in [0.25, 0.3) is 0 Å². The predicted molar refractivity (Wildman–Crippen MR) is 230 cm³/mol. The maximum atomic E-state index is 12.4. The van der Waals surface area contributed by atoms with Gasteiger partial charge in [0, 0.05) is 24.5 Å². The molecule has 2 aromatic rings. The lowest BCUT2D eigenvalue weighted by atomic mass is 10.0. The number of carbonyl (C=O) groups is 2. The van der Waals surface area contributed by atoms with Crippen molar-refractivity contribution in [1.29, 1.82) is 0 Å². The molecule has 6 nitrogen and oxygen atoms in total. The van der Waals surface area contributed by atoms with Crippen LogP contribution in [0.4, 0.5) is 21.0 Å². The van der Waals surface area contributed by atoms with Crippen molar-refractivity contribution in [2.45, 2.75) is 200 Å². The third-order valence-corrected chi connectivity index (χ3v) is 10.5. The van der Waals surface area contributed by atoms with Crippen molar-refractivity contribution in [2.75, 3.05) is 23.7 Å². The first kappa shape index (κ1) is 46.1. The highest BCUT2D eigenvalue weighted by Crippen LogP contribution is 2.17. The number of urea groups is 2. The second-order valence-corrected chi connectivity index (χ2v) is 15.5. The van der Waals surface area contributed by atoms with Gasteiger partial charge in [-0.3, -0.25) is 0 Å². The fraction of sp³-hybridized carbons (Fsp3) is 0.702. The highest BCUT2D eigenvalue weighted by atomic mass is 16.2. The molecule has 0 heterocycles. The van der Waals surface area contributed by atoms with Crippen molar-refractivity contribution in [3.8, 4) is 0 Å². The van der Waals surface area contributed by atoms with Crippen LogP contribution in [0, 0.1) is 0 Å². The minimum absolute atomic E-state index is 0.140. The molecule has 300 valence electrons. The Balaban J connectivity index is 1.44. The molecule has 6 heteroatoms. The minimum atomic E-state index is -0.140. The van der Waals surface area contributed by atoms with Crippen LogP contribution in [0.2, 0.25) is 0 Å². The van der Waals surface area contributed by atoms with Gasteiger partial charge in [0.2, 0.25) is 0 Å². The molecule has 2 aromatic carbocycles. The summed E-state index contributed by atoms with van der Waals surface area (Å²) in [6, 6.07) is 15.8. The van der Waals surface area contributed by atoms with Gasteiger partial charge >= 0.3 is 12.1 Å². The highest BCUT2D eigenvalue weighted by molar-refractivity contribution is 5.89. The third-order valence-electron chi connectivity index (χ3n) is 10.5. The van der Waals surface area contributed by atoms with E-state index in [0.717, 1.165) is 30.6 Å². The first-order chi connectivity index (χ1) is 26.1. The number of carbonyl (C=O) groups excluding carboxylic acids is 2. The molecule has 0 aromatic heterocycles. The van der Waals surface area contributed by atoms with E-state index >= 15 is 0 Å². The number of anilines is 2. The maximum absolute atomic E-state index is 12.4. The molecular formula is C47H80N4O2. The molecule has 4 amide bonds. The summed E-state index contributed by atoms with van der Waals surface area (Å²) in [6.45, 7) is 5.99. The first-order valence-electron chi connectivity index (χ1n) is 22.4. The van der Waals surface area contributed by atoms with Crippen LogP contribution in [0.3, 0.4) is 0 Å². The van der Waals surface area contributed by atoms with Crippen molar-refractivity contribution >= 4 is 23.4 Å². The van der Waals surface area contributed by atoms with Gasteiger partial charge in [0.1, 0.15) is 0 Å². The van der Waals surface area contributed by atoms with Crippen LogP contribution in [0.25, 0.3) is 0 Å². The Hall–Kier alpha value is -3.02. The molecule has 0 aliphatic rings. The number of amides is 4. The van der Waals surface area contributed by atoms with Crippen LogP contribution in [0.1, 0.15) is 205 Å². The number of hydrogen-bond acceptors (Lipinski definition) is 2. The Kier molecular flexibility index (Phi) is 29.2. The summed E-state index contributed by atoms with van der Waals surface area (Å²) in [5.41, 5.74) is 3.94. The summed E-state index contributed by atoms with van der Waals surface area (Å²) in [5, 5.41) is 11.9. The molecule has 0 saturated carbocycles. The summed E-state index contributed by atoms with van der Waals surface area (Å²) in [7, 11) is 0. The second kappa shape index (κ2) is 33.5. The molecular weight excluding hydrogens is 653 g/mol. The van der Waals surface area contributed by atoms with Crippen molar-refractivity contribution < 1.29 is 9.59 Å². The molecule has 4 N–H and O–H groups in total. The summed E-state index contributed by atoms with van der Waals surface area (Å²) in [5.74, 6) is 0. The Bertz CT molecular complexity index is 1040. The highest BCUT2D eigenvalue weighted by Gasteiger charge is 2.05. The molecule has 0 spiro atoms. The first-order valence-corrected chi connectivity index (χ1v) is 22.4. The smallest absolute Gasteiger partial charge is 0.319 e. The molecule has 2 rings (SSSR count). The van der Waals surface area contributed by atoms with Crippen LogP contribution in [-0.4, -0.2) is 25.2 Å². The summed E-state index contributed by atoms with van der Waals surface area (Å²) in [6.07, 6.45) is 38.2. The molecule has 53 heavy (non-hydrogen) atoms. The zero-order chi connectivity index (χ0) is 37.9. The summed E-state index contributed by atoms with van der Waals surface area (Å²) in [4.78, 5) is 24.7. The monoisotopic (exact) mass is 733 g/mol. The molecule has 0 aliphatic heterocycles. The predicted octanol–water partition coefficient (Wildman–Crippen LogP) is 14.5. The van der Waals surface area contributed by atoms with Gasteiger partial charge in [-0.25, -0.2) is 9.59 Å². The number of hydrogen-bond donors (Lipinski definition) is 4. The molecule has 0 bridgehead atoms. The maximum Gasteiger partial charge on any atom is 0.319 e. The molecule has 0 atom stereocenters. The van der Waals surface area contributed by atoms with Gasteiger partial charge < -0.3 is 21.3 Å². The van der Waals surface area contributed by atoms with Crippen LogP contribution in [0.5, 0.6) is 0 Å². The topological polar surface area (TPSA) is 82.3 Å². The molecule has 0 fully saturated rings. The molecule has 0 radical (unpaired) electrons. The van der Waals surface area contributed by atoms with Gasteiger partial charge in [0.05, 0.1) is 0 Å². The van der Waals surface area contributed by atoms with Crippen LogP contribution in [-0.2, 0) is 6.42 Å². The zero-order valence-corrected chi connectivity index (χ0v) is 34.4. The van der Waals surface area contributed by atoms with E-state index in [2.05, 4.69) is 59.4 Å². The Morgan fingerprint density at radius 3 is 0.868 bits per heavy atom. The standard InChI is InChI=1S/C47H80N4O2/c1-3-5-7-9-11-13-15-17-19-21-23-25-27-29-39-48-46(52)50-44-35-31-42(32-36-44)41-43-33-37-45(38-34-43)51-47(53)49-40-30-28-26-24-22-20-18-16-14-12-10-8-6-4-2/h31-38H,3-30,39-41H2,1-2H3,(H2,48,50,52)(H2,49,51,53). The van der Waals surface area contributed by atoms with E-state index in [4.69, 9.17) is 0 Å². The van der Waals surface area contributed by atoms with E-state index in [1.54, 1.807) is 0 Å². The third kappa shape index (κ3) is 27.3. The van der Waals surface area contributed by atoms with E-state index in [1.165, 1.54) is 178 Å². The van der Waals surface area contributed by atoms with E-state index in [9.17, 15) is 9.59 Å².